The highest BCUT2D eigenvalue weighted by molar-refractivity contribution is 5.29. The third kappa shape index (κ3) is 3.55. The van der Waals surface area contributed by atoms with Crippen LogP contribution in [0.15, 0.2) is 18.2 Å². The summed E-state index contributed by atoms with van der Waals surface area (Å²) in [6, 6.07) is 5.18. The van der Waals surface area contributed by atoms with Gasteiger partial charge in [-0.2, -0.15) is 0 Å². The number of nitrogens with zero attached hydrogens (tertiary/aromatic N) is 1. The molecular formula is C17H27FN2O. The molecule has 0 aliphatic heterocycles. The van der Waals surface area contributed by atoms with E-state index in [0.29, 0.717) is 18.8 Å². The molecule has 0 heterocycles. The third-order valence-corrected chi connectivity index (χ3v) is 5.03. The van der Waals surface area contributed by atoms with Crippen molar-refractivity contribution in [2.75, 3.05) is 20.7 Å². The topological polar surface area (TPSA) is 38.5 Å². The van der Waals surface area contributed by atoms with E-state index in [0.717, 1.165) is 24.3 Å². The molecule has 0 unspecified atom stereocenters. The summed E-state index contributed by atoms with van der Waals surface area (Å²) in [4.78, 5) is 2.31. The molecule has 4 heteroatoms. The predicted molar refractivity (Wildman–Crippen MR) is 83.8 cm³/mol. The molecule has 1 aromatic rings. The Kier molecular flexibility index (Phi) is 5.22. The maximum Gasteiger partial charge on any atom is 0.165 e. The van der Waals surface area contributed by atoms with Gasteiger partial charge in [-0.25, -0.2) is 4.39 Å². The van der Waals surface area contributed by atoms with Crippen LogP contribution < -0.4 is 10.5 Å². The zero-order valence-electron chi connectivity index (χ0n) is 13.4. The van der Waals surface area contributed by atoms with Gasteiger partial charge in [-0.3, -0.25) is 4.90 Å². The van der Waals surface area contributed by atoms with E-state index in [2.05, 4.69) is 18.9 Å². The molecule has 0 aromatic heterocycles. The number of halogens is 1. The highest BCUT2D eigenvalue weighted by atomic mass is 19.1. The summed E-state index contributed by atoms with van der Waals surface area (Å²) in [7, 11) is 3.59. The van der Waals surface area contributed by atoms with E-state index in [4.69, 9.17) is 10.5 Å². The molecule has 0 saturated heterocycles. The molecular weight excluding hydrogens is 267 g/mol. The van der Waals surface area contributed by atoms with E-state index in [1.807, 2.05) is 6.07 Å². The van der Waals surface area contributed by atoms with Crippen molar-refractivity contribution in [3.8, 4) is 5.75 Å². The molecule has 118 valence electrons. The summed E-state index contributed by atoms with van der Waals surface area (Å²) in [6.07, 6.45) is 4.69. The summed E-state index contributed by atoms with van der Waals surface area (Å²) in [5.41, 5.74) is 7.10. The van der Waals surface area contributed by atoms with Crippen molar-refractivity contribution < 1.29 is 9.13 Å². The van der Waals surface area contributed by atoms with Crippen molar-refractivity contribution in [2.45, 2.75) is 44.7 Å². The molecule has 1 fully saturated rings. The van der Waals surface area contributed by atoms with Crippen LogP contribution in [0.3, 0.4) is 0 Å². The van der Waals surface area contributed by atoms with Gasteiger partial charge in [0.2, 0.25) is 0 Å². The van der Waals surface area contributed by atoms with Crippen LogP contribution in [0.25, 0.3) is 0 Å². The van der Waals surface area contributed by atoms with E-state index in [9.17, 15) is 4.39 Å². The Balaban J connectivity index is 2.09. The molecule has 2 rings (SSSR count). The number of benzene rings is 1. The van der Waals surface area contributed by atoms with Crippen molar-refractivity contribution in [1.29, 1.82) is 0 Å². The van der Waals surface area contributed by atoms with Gasteiger partial charge >= 0.3 is 0 Å². The quantitative estimate of drug-likeness (QED) is 0.906. The molecule has 0 atom stereocenters. The van der Waals surface area contributed by atoms with E-state index in [1.165, 1.54) is 20.0 Å². The van der Waals surface area contributed by atoms with Crippen LogP contribution >= 0.6 is 0 Å². The Bertz CT molecular complexity index is 470. The Hall–Kier alpha value is -1.13. The molecule has 1 aliphatic rings. The average Bonchev–Trinajstić information content (AvgIpc) is 2.48. The number of likely N-dealkylation sites (N-methyl/N-ethyl adjacent to an activating group) is 1. The van der Waals surface area contributed by atoms with E-state index >= 15 is 0 Å². The summed E-state index contributed by atoms with van der Waals surface area (Å²) in [5, 5.41) is 0. The van der Waals surface area contributed by atoms with Gasteiger partial charge in [0.05, 0.1) is 7.11 Å². The minimum Gasteiger partial charge on any atom is -0.494 e. The standard InChI is InChI=1S/C17H27FN2O/c1-13-6-8-17(12-19,9-7-13)20(2)11-14-4-5-16(21-3)15(18)10-14/h4-5,10,13H,6-9,11-12,19H2,1-3H3. The van der Waals surface area contributed by atoms with E-state index in [-0.39, 0.29) is 11.4 Å². The molecule has 1 aliphatic carbocycles. The molecule has 1 aromatic carbocycles. The predicted octanol–water partition coefficient (Wildman–Crippen LogP) is 3.17. The number of rotatable bonds is 5. The maximum absolute atomic E-state index is 13.8. The Labute approximate surface area is 127 Å². The van der Waals surface area contributed by atoms with Gasteiger partial charge < -0.3 is 10.5 Å². The number of hydrogen-bond donors (Lipinski definition) is 1. The lowest BCUT2D eigenvalue weighted by Gasteiger charge is -2.45. The summed E-state index contributed by atoms with van der Waals surface area (Å²) < 4.78 is 18.8. The molecule has 1 saturated carbocycles. The molecule has 21 heavy (non-hydrogen) atoms. The van der Waals surface area contributed by atoms with E-state index in [1.54, 1.807) is 12.1 Å². The van der Waals surface area contributed by atoms with Crippen LogP contribution in [-0.4, -0.2) is 31.1 Å². The second-order valence-corrected chi connectivity index (χ2v) is 6.44. The van der Waals surface area contributed by atoms with Crippen LogP contribution in [0.5, 0.6) is 5.75 Å². The third-order valence-electron chi connectivity index (χ3n) is 5.03. The minimum atomic E-state index is -0.303. The molecule has 2 N–H and O–H groups in total. The summed E-state index contributed by atoms with van der Waals surface area (Å²) in [5.74, 6) is 0.778. The van der Waals surface area contributed by atoms with Crippen LogP contribution in [0, 0.1) is 11.7 Å². The number of methoxy groups -OCH3 is 1. The van der Waals surface area contributed by atoms with Gasteiger partial charge in [-0.05, 0) is 56.3 Å². The normalized spacial score (nSPS) is 26.1. The smallest absolute Gasteiger partial charge is 0.165 e. The first-order valence-electron chi connectivity index (χ1n) is 7.74. The van der Waals surface area contributed by atoms with Gasteiger partial charge in [0.15, 0.2) is 11.6 Å². The fourth-order valence-corrected chi connectivity index (χ4v) is 3.29. The van der Waals surface area contributed by atoms with Crippen LogP contribution in [0.1, 0.15) is 38.2 Å². The maximum atomic E-state index is 13.8. The Morgan fingerprint density at radius 2 is 2.05 bits per heavy atom. The first-order valence-corrected chi connectivity index (χ1v) is 7.74. The molecule has 0 spiro atoms. The lowest BCUT2D eigenvalue weighted by molar-refractivity contribution is 0.0615. The van der Waals surface area contributed by atoms with Crippen molar-refractivity contribution in [1.82, 2.24) is 4.90 Å². The van der Waals surface area contributed by atoms with Crippen LogP contribution in [-0.2, 0) is 6.54 Å². The average molecular weight is 294 g/mol. The molecule has 3 nitrogen and oxygen atoms in total. The highest BCUT2D eigenvalue weighted by Crippen LogP contribution is 2.36. The van der Waals surface area contributed by atoms with Gasteiger partial charge in [-0.1, -0.05) is 13.0 Å². The second kappa shape index (κ2) is 6.75. The van der Waals surface area contributed by atoms with Crippen molar-refractivity contribution in [3.63, 3.8) is 0 Å². The van der Waals surface area contributed by atoms with Gasteiger partial charge in [0, 0.05) is 18.6 Å². The van der Waals surface area contributed by atoms with Crippen LogP contribution in [0.4, 0.5) is 4.39 Å². The highest BCUT2D eigenvalue weighted by Gasteiger charge is 2.36. The van der Waals surface area contributed by atoms with Crippen molar-refractivity contribution >= 4 is 0 Å². The van der Waals surface area contributed by atoms with Gasteiger partial charge in [0.25, 0.3) is 0 Å². The number of ether oxygens (including phenoxy) is 1. The Morgan fingerprint density at radius 1 is 1.38 bits per heavy atom. The lowest BCUT2D eigenvalue weighted by Crippen LogP contribution is -2.53. The van der Waals surface area contributed by atoms with Crippen molar-refractivity contribution in [2.24, 2.45) is 11.7 Å². The van der Waals surface area contributed by atoms with Gasteiger partial charge in [-0.15, -0.1) is 0 Å². The second-order valence-electron chi connectivity index (χ2n) is 6.44. The number of nitrogens with two attached hydrogens (primary N) is 1. The number of hydrogen-bond acceptors (Lipinski definition) is 3. The van der Waals surface area contributed by atoms with Crippen molar-refractivity contribution in [3.05, 3.63) is 29.6 Å². The molecule has 0 radical (unpaired) electrons. The minimum absolute atomic E-state index is 0.0584. The van der Waals surface area contributed by atoms with Crippen LogP contribution in [0.2, 0.25) is 0 Å². The van der Waals surface area contributed by atoms with Gasteiger partial charge in [0.1, 0.15) is 0 Å². The fourth-order valence-electron chi connectivity index (χ4n) is 3.29. The fraction of sp³-hybridized carbons (Fsp3) is 0.647. The zero-order chi connectivity index (χ0) is 15.5. The first kappa shape index (κ1) is 16.2. The monoisotopic (exact) mass is 294 g/mol. The molecule has 0 amide bonds. The largest absolute Gasteiger partial charge is 0.494 e. The lowest BCUT2D eigenvalue weighted by atomic mass is 9.76. The summed E-state index contributed by atoms with van der Waals surface area (Å²) >= 11 is 0. The molecule has 0 bridgehead atoms. The van der Waals surface area contributed by atoms with E-state index < -0.39 is 0 Å². The Morgan fingerprint density at radius 3 is 2.57 bits per heavy atom. The first-order chi connectivity index (χ1) is 10.0. The zero-order valence-corrected chi connectivity index (χ0v) is 13.4. The SMILES string of the molecule is COc1ccc(CN(C)C2(CN)CCC(C)CC2)cc1F. The summed E-state index contributed by atoms with van der Waals surface area (Å²) in [6.45, 7) is 3.68.